The van der Waals surface area contributed by atoms with E-state index in [1.165, 1.54) is 4.90 Å². The van der Waals surface area contributed by atoms with Crippen molar-refractivity contribution < 1.29 is 9.53 Å². The Morgan fingerprint density at radius 3 is 2.92 bits per heavy atom. The maximum atomic E-state index is 12.7. The Morgan fingerprint density at radius 2 is 2.12 bits per heavy atom. The SMILES string of the molecule is O=C(Nc1cnc(N2CCOCC2)c(Br)c1)C1CSc2ccccc21. The normalized spacial score (nSPS) is 19.6. The summed E-state index contributed by atoms with van der Waals surface area (Å²) < 4.78 is 6.26. The first-order chi connectivity index (χ1) is 12.2. The molecular weight excluding hydrogens is 402 g/mol. The number of hydrogen-bond acceptors (Lipinski definition) is 5. The Hall–Kier alpha value is -1.57. The number of carbonyl (C=O) groups is 1. The van der Waals surface area contributed by atoms with E-state index in [4.69, 9.17) is 4.74 Å². The van der Waals surface area contributed by atoms with Crippen LogP contribution in [0.25, 0.3) is 0 Å². The molecule has 2 aromatic rings. The molecule has 0 aliphatic carbocycles. The van der Waals surface area contributed by atoms with E-state index in [0.717, 1.165) is 34.7 Å². The van der Waals surface area contributed by atoms with Gasteiger partial charge in [-0.25, -0.2) is 4.98 Å². The number of halogens is 1. The van der Waals surface area contributed by atoms with E-state index < -0.39 is 0 Å². The molecule has 2 aliphatic heterocycles. The van der Waals surface area contributed by atoms with Crippen LogP contribution in [0.5, 0.6) is 0 Å². The van der Waals surface area contributed by atoms with Gasteiger partial charge in [0.25, 0.3) is 0 Å². The van der Waals surface area contributed by atoms with Crippen molar-refractivity contribution in [3.8, 4) is 0 Å². The van der Waals surface area contributed by atoms with Crippen LogP contribution in [0.3, 0.4) is 0 Å². The summed E-state index contributed by atoms with van der Waals surface area (Å²) in [5, 5.41) is 3.01. The second-order valence-corrected chi connectivity index (χ2v) is 7.94. The molecule has 0 radical (unpaired) electrons. The van der Waals surface area contributed by atoms with Gasteiger partial charge >= 0.3 is 0 Å². The molecule has 0 spiro atoms. The molecule has 1 fully saturated rings. The smallest absolute Gasteiger partial charge is 0.232 e. The van der Waals surface area contributed by atoms with Gasteiger partial charge in [0.15, 0.2) is 0 Å². The Kier molecular flexibility index (Phi) is 4.96. The molecule has 0 bridgehead atoms. The highest BCUT2D eigenvalue weighted by molar-refractivity contribution is 9.10. The van der Waals surface area contributed by atoms with E-state index in [0.29, 0.717) is 18.9 Å². The Labute approximate surface area is 159 Å². The van der Waals surface area contributed by atoms with Crippen LogP contribution in [0.4, 0.5) is 11.5 Å². The second-order valence-electron chi connectivity index (χ2n) is 6.02. The molecule has 0 saturated carbocycles. The summed E-state index contributed by atoms with van der Waals surface area (Å²) in [5.74, 6) is 1.58. The minimum absolute atomic E-state index is 0.0188. The number of carbonyl (C=O) groups excluding carboxylic acids is 1. The lowest BCUT2D eigenvalue weighted by Gasteiger charge is -2.28. The molecule has 1 aromatic heterocycles. The number of fused-ring (bicyclic) bond motifs is 1. The second kappa shape index (κ2) is 7.35. The van der Waals surface area contributed by atoms with Crippen molar-refractivity contribution in [2.75, 3.05) is 42.3 Å². The molecule has 1 unspecified atom stereocenters. The maximum Gasteiger partial charge on any atom is 0.232 e. The van der Waals surface area contributed by atoms with Gasteiger partial charge in [-0.3, -0.25) is 4.79 Å². The third kappa shape index (κ3) is 3.54. The van der Waals surface area contributed by atoms with Gasteiger partial charge in [-0.1, -0.05) is 18.2 Å². The van der Waals surface area contributed by atoms with Crippen LogP contribution < -0.4 is 10.2 Å². The number of nitrogens with zero attached hydrogens (tertiary/aromatic N) is 2. The van der Waals surface area contributed by atoms with Gasteiger partial charge in [0.2, 0.25) is 5.91 Å². The van der Waals surface area contributed by atoms with E-state index in [1.54, 1.807) is 18.0 Å². The number of ether oxygens (including phenoxy) is 1. The predicted octanol–water partition coefficient (Wildman–Crippen LogP) is 3.51. The standard InChI is InChI=1S/C18H18BrN3O2S/c19-15-9-12(10-20-17(15)22-5-7-24-8-6-22)21-18(23)14-11-25-16-4-2-1-3-13(14)16/h1-4,9-10,14H,5-8,11H2,(H,21,23). The zero-order chi connectivity index (χ0) is 17.2. The van der Waals surface area contributed by atoms with Crippen molar-refractivity contribution in [3.63, 3.8) is 0 Å². The highest BCUT2D eigenvalue weighted by Gasteiger charge is 2.29. The minimum atomic E-state index is -0.112. The highest BCUT2D eigenvalue weighted by Crippen LogP contribution is 2.40. The zero-order valence-electron chi connectivity index (χ0n) is 13.6. The first kappa shape index (κ1) is 16.9. The van der Waals surface area contributed by atoms with Crippen LogP contribution in [0, 0.1) is 0 Å². The Morgan fingerprint density at radius 1 is 1.32 bits per heavy atom. The van der Waals surface area contributed by atoms with E-state index in [9.17, 15) is 4.79 Å². The summed E-state index contributed by atoms with van der Waals surface area (Å²) in [6.07, 6.45) is 1.72. The number of thioether (sulfide) groups is 1. The average molecular weight is 420 g/mol. The molecule has 25 heavy (non-hydrogen) atoms. The first-order valence-corrected chi connectivity index (χ1v) is 10.0. The van der Waals surface area contributed by atoms with Crippen LogP contribution in [-0.4, -0.2) is 42.9 Å². The number of aromatic nitrogens is 1. The number of benzene rings is 1. The summed E-state index contributed by atoms with van der Waals surface area (Å²) in [6, 6.07) is 10.0. The fraction of sp³-hybridized carbons (Fsp3) is 0.333. The molecule has 4 rings (SSSR count). The topological polar surface area (TPSA) is 54.5 Å². The Bertz CT molecular complexity index is 796. The van der Waals surface area contributed by atoms with Crippen LogP contribution in [0.1, 0.15) is 11.5 Å². The van der Waals surface area contributed by atoms with Crippen molar-refractivity contribution in [2.45, 2.75) is 10.8 Å². The Balaban J connectivity index is 1.48. The molecule has 1 saturated heterocycles. The lowest BCUT2D eigenvalue weighted by atomic mass is 10.0. The molecule has 130 valence electrons. The van der Waals surface area contributed by atoms with Crippen molar-refractivity contribution in [3.05, 3.63) is 46.6 Å². The third-order valence-corrected chi connectivity index (χ3v) is 6.18. The monoisotopic (exact) mass is 419 g/mol. The number of amides is 1. The molecule has 5 nitrogen and oxygen atoms in total. The summed E-state index contributed by atoms with van der Waals surface area (Å²) in [4.78, 5) is 20.6. The molecule has 3 heterocycles. The van der Waals surface area contributed by atoms with E-state index in [-0.39, 0.29) is 11.8 Å². The number of anilines is 2. The largest absolute Gasteiger partial charge is 0.378 e. The predicted molar refractivity (Wildman–Crippen MR) is 104 cm³/mol. The van der Waals surface area contributed by atoms with Crippen molar-refractivity contribution in [1.82, 2.24) is 4.98 Å². The van der Waals surface area contributed by atoms with Gasteiger partial charge in [0.1, 0.15) is 5.82 Å². The van der Waals surface area contributed by atoms with Crippen molar-refractivity contribution in [1.29, 1.82) is 0 Å². The lowest BCUT2D eigenvalue weighted by Crippen LogP contribution is -2.37. The molecule has 2 aliphatic rings. The average Bonchev–Trinajstić information content (AvgIpc) is 3.07. The van der Waals surface area contributed by atoms with Gasteiger partial charge in [-0.05, 0) is 33.6 Å². The summed E-state index contributed by atoms with van der Waals surface area (Å²) in [7, 11) is 0. The van der Waals surface area contributed by atoms with Gasteiger partial charge in [0, 0.05) is 23.7 Å². The fourth-order valence-electron chi connectivity index (χ4n) is 3.12. The number of morpholine rings is 1. The number of hydrogen-bond donors (Lipinski definition) is 1. The first-order valence-electron chi connectivity index (χ1n) is 8.23. The molecule has 1 aromatic carbocycles. The molecule has 7 heteroatoms. The number of nitrogens with one attached hydrogen (secondary N) is 1. The molecule has 1 N–H and O–H groups in total. The van der Waals surface area contributed by atoms with Crippen LogP contribution >= 0.6 is 27.7 Å². The van der Waals surface area contributed by atoms with E-state index >= 15 is 0 Å². The minimum Gasteiger partial charge on any atom is -0.378 e. The van der Waals surface area contributed by atoms with Crippen LogP contribution in [0.15, 0.2) is 45.9 Å². The van der Waals surface area contributed by atoms with Crippen LogP contribution in [0.2, 0.25) is 0 Å². The fourth-order valence-corrected chi connectivity index (χ4v) is 4.94. The molecule has 1 atom stereocenters. The van der Waals surface area contributed by atoms with Crippen molar-refractivity contribution in [2.24, 2.45) is 0 Å². The van der Waals surface area contributed by atoms with Crippen LogP contribution in [-0.2, 0) is 9.53 Å². The quantitative estimate of drug-likeness (QED) is 0.824. The van der Waals surface area contributed by atoms with Crippen molar-refractivity contribution >= 4 is 45.1 Å². The zero-order valence-corrected chi connectivity index (χ0v) is 16.0. The van der Waals surface area contributed by atoms with Gasteiger partial charge in [-0.2, -0.15) is 0 Å². The summed E-state index contributed by atoms with van der Waals surface area (Å²) in [5.41, 5.74) is 1.82. The van der Waals surface area contributed by atoms with Gasteiger partial charge < -0.3 is 15.0 Å². The van der Waals surface area contributed by atoms with Gasteiger partial charge in [-0.15, -0.1) is 11.8 Å². The summed E-state index contributed by atoms with van der Waals surface area (Å²) in [6.45, 7) is 3.08. The number of rotatable bonds is 3. The maximum absolute atomic E-state index is 12.7. The lowest BCUT2D eigenvalue weighted by molar-refractivity contribution is -0.117. The van der Waals surface area contributed by atoms with E-state index in [1.807, 2.05) is 24.3 Å². The van der Waals surface area contributed by atoms with Gasteiger partial charge in [0.05, 0.1) is 35.5 Å². The third-order valence-electron chi connectivity index (χ3n) is 4.42. The number of pyridine rings is 1. The molecular formula is C18H18BrN3O2S. The summed E-state index contributed by atoms with van der Waals surface area (Å²) >= 11 is 5.32. The van der Waals surface area contributed by atoms with E-state index in [2.05, 4.69) is 37.2 Å². The highest BCUT2D eigenvalue weighted by atomic mass is 79.9. The molecule has 1 amide bonds.